The molecule has 1 unspecified atom stereocenters. The zero-order chi connectivity index (χ0) is 12.1. The van der Waals surface area contributed by atoms with Crippen molar-refractivity contribution in [1.29, 1.82) is 0 Å². The van der Waals surface area contributed by atoms with Gasteiger partial charge in [0.05, 0.1) is 12.6 Å². The molecule has 1 rings (SSSR count). The highest BCUT2D eigenvalue weighted by atomic mass is 35.5. The standard InChI is InChI=1S/C11H18ClN3O/c1-5-10-13-9(12)6-11(14-10)15(3)8(2)7-16-4/h6,8H,5,7H2,1-4H3. The summed E-state index contributed by atoms with van der Waals surface area (Å²) in [5, 5.41) is 0.485. The van der Waals surface area contributed by atoms with Gasteiger partial charge in [-0.3, -0.25) is 0 Å². The number of anilines is 1. The lowest BCUT2D eigenvalue weighted by Gasteiger charge is -2.25. The Morgan fingerprint density at radius 2 is 2.19 bits per heavy atom. The summed E-state index contributed by atoms with van der Waals surface area (Å²) in [5.41, 5.74) is 0. The minimum atomic E-state index is 0.251. The molecule has 0 saturated heterocycles. The second-order valence-corrected chi connectivity index (χ2v) is 4.12. The van der Waals surface area contributed by atoms with Gasteiger partial charge in [0.25, 0.3) is 0 Å². The summed E-state index contributed by atoms with van der Waals surface area (Å²) >= 11 is 5.95. The first-order valence-corrected chi connectivity index (χ1v) is 5.71. The van der Waals surface area contributed by atoms with Crippen LogP contribution >= 0.6 is 11.6 Å². The van der Waals surface area contributed by atoms with Gasteiger partial charge in [-0.25, -0.2) is 9.97 Å². The Morgan fingerprint density at radius 1 is 1.50 bits per heavy atom. The van der Waals surface area contributed by atoms with Crippen LogP contribution in [0.15, 0.2) is 6.07 Å². The summed E-state index contributed by atoms with van der Waals surface area (Å²) in [6.07, 6.45) is 0.778. The van der Waals surface area contributed by atoms with Crippen LogP contribution in [0.3, 0.4) is 0 Å². The van der Waals surface area contributed by atoms with Gasteiger partial charge < -0.3 is 9.64 Å². The summed E-state index contributed by atoms with van der Waals surface area (Å²) in [6, 6.07) is 2.02. The number of likely N-dealkylation sites (N-methyl/N-ethyl adjacent to an activating group) is 1. The molecule has 0 radical (unpaired) electrons. The van der Waals surface area contributed by atoms with Gasteiger partial charge in [-0.1, -0.05) is 18.5 Å². The van der Waals surface area contributed by atoms with Gasteiger partial charge in [0.15, 0.2) is 0 Å². The molecule has 90 valence electrons. The summed E-state index contributed by atoms with van der Waals surface area (Å²) < 4.78 is 5.11. The van der Waals surface area contributed by atoms with Crippen molar-refractivity contribution in [3.63, 3.8) is 0 Å². The van der Waals surface area contributed by atoms with Crippen LogP contribution in [-0.4, -0.2) is 36.8 Å². The van der Waals surface area contributed by atoms with Gasteiger partial charge in [0.2, 0.25) is 0 Å². The van der Waals surface area contributed by atoms with Crippen LogP contribution in [0, 0.1) is 0 Å². The largest absolute Gasteiger partial charge is 0.383 e. The van der Waals surface area contributed by atoms with E-state index in [4.69, 9.17) is 16.3 Å². The first-order valence-electron chi connectivity index (χ1n) is 5.33. The number of nitrogens with zero attached hydrogens (tertiary/aromatic N) is 3. The first kappa shape index (κ1) is 13.2. The van der Waals surface area contributed by atoms with Gasteiger partial charge >= 0.3 is 0 Å². The maximum Gasteiger partial charge on any atom is 0.134 e. The van der Waals surface area contributed by atoms with E-state index < -0.39 is 0 Å². The Hall–Kier alpha value is -0.870. The normalized spacial score (nSPS) is 12.6. The lowest BCUT2D eigenvalue weighted by atomic mass is 10.3. The zero-order valence-electron chi connectivity index (χ0n) is 10.2. The molecule has 1 aromatic rings. The van der Waals surface area contributed by atoms with Crippen LogP contribution in [-0.2, 0) is 11.2 Å². The minimum Gasteiger partial charge on any atom is -0.383 e. The van der Waals surface area contributed by atoms with Gasteiger partial charge in [-0.05, 0) is 6.92 Å². The highest BCUT2D eigenvalue weighted by Gasteiger charge is 2.12. The van der Waals surface area contributed by atoms with Crippen LogP contribution in [0.2, 0.25) is 5.15 Å². The lowest BCUT2D eigenvalue weighted by Crippen LogP contribution is -2.33. The van der Waals surface area contributed by atoms with Crippen LogP contribution in [0.25, 0.3) is 0 Å². The fourth-order valence-electron chi connectivity index (χ4n) is 1.37. The van der Waals surface area contributed by atoms with Crippen molar-refractivity contribution in [1.82, 2.24) is 9.97 Å². The Morgan fingerprint density at radius 3 is 2.75 bits per heavy atom. The number of hydrogen-bond donors (Lipinski definition) is 0. The average Bonchev–Trinajstić information content (AvgIpc) is 2.27. The summed E-state index contributed by atoms with van der Waals surface area (Å²) in [6.45, 7) is 4.73. The molecule has 0 N–H and O–H groups in total. The summed E-state index contributed by atoms with van der Waals surface area (Å²) in [4.78, 5) is 10.6. The van der Waals surface area contributed by atoms with Crippen molar-refractivity contribution in [3.8, 4) is 0 Å². The van der Waals surface area contributed by atoms with E-state index >= 15 is 0 Å². The van der Waals surface area contributed by atoms with E-state index in [0.717, 1.165) is 18.1 Å². The topological polar surface area (TPSA) is 38.2 Å². The Bertz CT molecular complexity index is 346. The Labute approximate surface area is 102 Å². The van der Waals surface area contributed by atoms with Gasteiger partial charge in [-0.15, -0.1) is 0 Å². The smallest absolute Gasteiger partial charge is 0.134 e. The third-order valence-electron chi connectivity index (χ3n) is 2.47. The number of hydrogen-bond acceptors (Lipinski definition) is 4. The zero-order valence-corrected chi connectivity index (χ0v) is 11.0. The average molecular weight is 244 g/mol. The van der Waals surface area contributed by atoms with Crippen LogP contribution in [0.4, 0.5) is 5.82 Å². The minimum absolute atomic E-state index is 0.251. The molecule has 0 spiro atoms. The lowest BCUT2D eigenvalue weighted by molar-refractivity contribution is 0.183. The quantitative estimate of drug-likeness (QED) is 0.743. The maximum absolute atomic E-state index is 5.95. The van der Waals surface area contributed by atoms with E-state index in [2.05, 4.69) is 16.9 Å². The van der Waals surface area contributed by atoms with E-state index in [1.807, 2.05) is 18.9 Å². The fourth-order valence-corrected chi connectivity index (χ4v) is 1.56. The van der Waals surface area contributed by atoms with Crippen LogP contribution in [0.1, 0.15) is 19.7 Å². The predicted octanol–water partition coefficient (Wildman–Crippen LogP) is 2.16. The molecule has 0 aliphatic heterocycles. The monoisotopic (exact) mass is 243 g/mol. The first-order chi connectivity index (χ1) is 7.58. The molecule has 1 heterocycles. The van der Waals surface area contributed by atoms with Gasteiger partial charge in [0.1, 0.15) is 16.8 Å². The molecule has 0 saturated carbocycles. The molecule has 1 aromatic heterocycles. The molecular formula is C11H18ClN3O. The summed E-state index contributed by atoms with van der Waals surface area (Å²) in [5.74, 6) is 1.60. The molecular weight excluding hydrogens is 226 g/mol. The van der Waals surface area contributed by atoms with E-state index in [-0.39, 0.29) is 6.04 Å². The number of aromatic nitrogens is 2. The number of rotatable bonds is 5. The van der Waals surface area contributed by atoms with Crippen molar-refractivity contribution >= 4 is 17.4 Å². The van der Waals surface area contributed by atoms with Crippen LogP contribution in [0.5, 0.6) is 0 Å². The maximum atomic E-state index is 5.95. The van der Waals surface area contributed by atoms with E-state index in [1.54, 1.807) is 13.2 Å². The van der Waals surface area contributed by atoms with E-state index in [1.165, 1.54) is 0 Å². The molecule has 0 bridgehead atoms. The molecule has 16 heavy (non-hydrogen) atoms. The Kier molecular flexibility index (Phi) is 4.96. The van der Waals surface area contributed by atoms with Crippen molar-refractivity contribution in [2.24, 2.45) is 0 Å². The fraction of sp³-hybridized carbons (Fsp3) is 0.636. The third-order valence-corrected chi connectivity index (χ3v) is 2.67. The van der Waals surface area contributed by atoms with E-state index in [9.17, 15) is 0 Å². The number of halogens is 1. The Balaban J connectivity index is 2.89. The number of aryl methyl sites for hydroxylation is 1. The SMILES string of the molecule is CCc1nc(Cl)cc(N(C)C(C)COC)n1. The molecule has 0 amide bonds. The molecule has 0 aliphatic carbocycles. The molecule has 0 fully saturated rings. The predicted molar refractivity (Wildman–Crippen MR) is 66.2 cm³/mol. The molecule has 4 nitrogen and oxygen atoms in total. The highest BCUT2D eigenvalue weighted by Crippen LogP contribution is 2.17. The highest BCUT2D eigenvalue weighted by molar-refractivity contribution is 6.29. The third kappa shape index (κ3) is 3.32. The second-order valence-electron chi connectivity index (χ2n) is 3.73. The second kappa shape index (κ2) is 6.01. The van der Waals surface area contributed by atoms with Gasteiger partial charge in [0, 0.05) is 26.6 Å². The van der Waals surface area contributed by atoms with E-state index in [0.29, 0.717) is 11.8 Å². The van der Waals surface area contributed by atoms with Crippen molar-refractivity contribution in [2.45, 2.75) is 26.3 Å². The molecule has 5 heteroatoms. The van der Waals surface area contributed by atoms with Gasteiger partial charge in [-0.2, -0.15) is 0 Å². The molecule has 0 aliphatic rings. The molecule has 1 atom stereocenters. The van der Waals surface area contributed by atoms with Crippen molar-refractivity contribution in [2.75, 3.05) is 25.7 Å². The van der Waals surface area contributed by atoms with Crippen molar-refractivity contribution < 1.29 is 4.74 Å². The molecule has 0 aromatic carbocycles. The number of ether oxygens (including phenoxy) is 1. The van der Waals surface area contributed by atoms with Crippen LogP contribution < -0.4 is 4.90 Å². The number of methoxy groups -OCH3 is 1. The summed E-state index contributed by atoms with van der Waals surface area (Å²) in [7, 11) is 3.66. The van der Waals surface area contributed by atoms with Crippen molar-refractivity contribution in [3.05, 3.63) is 17.0 Å².